The molecule has 1 saturated heterocycles. The number of esters is 1. The number of rotatable bonds is 9. The molecule has 1 aliphatic carbocycles. The third-order valence-corrected chi connectivity index (χ3v) is 7.18. The maximum atomic E-state index is 13.7. The molecule has 0 radical (unpaired) electrons. The molecule has 2 aromatic rings. The molecular weight excluding hydrogens is 444 g/mol. The van der Waals surface area contributed by atoms with E-state index in [1.165, 1.54) is 0 Å². The molecule has 0 spiro atoms. The predicted molar refractivity (Wildman–Crippen MR) is 134 cm³/mol. The number of allylic oxidation sites excluding steroid dienone is 1. The van der Waals surface area contributed by atoms with Gasteiger partial charge in [0.25, 0.3) is 0 Å². The Labute approximate surface area is 206 Å². The molecule has 0 unspecified atom stereocenters. The van der Waals surface area contributed by atoms with E-state index in [1.54, 1.807) is 11.8 Å². The Bertz CT molecular complexity index is 1110. The summed E-state index contributed by atoms with van der Waals surface area (Å²) in [5.74, 6) is -2.63. The highest BCUT2D eigenvalue weighted by Crippen LogP contribution is 2.44. The van der Waals surface area contributed by atoms with Gasteiger partial charge < -0.3 is 20.1 Å². The summed E-state index contributed by atoms with van der Waals surface area (Å²) in [6.45, 7) is 4.40. The molecular formula is C28H34N2O5. The Hall–Kier alpha value is -3.19. The Morgan fingerprint density at radius 2 is 1.83 bits per heavy atom. The van der Waals surface area contributed by atoms with E-state index in [4.69, 9.17) is 9.84 Å². The van der Waals surface area contributed by atoms with Crippen LogP contribution in [0, 0.1) is 23.7 Å². The first-order chi connectivity index (χ1) is 17.0. The van der Waals surface area contributed by atoms with Crippen molar-refractivity contribution < 1.29 is 24.2 Å². The Morgan fingerprint density at radius 1 is 1.06 bits per heavy atom. The highest BCUT2D eigenvalue weighted by atomic mass is 16.5. The number of aliphatic hydroxyl groups is 1. The van der Waals surface area contributed by atoms with Gasteiger partial charge in [-0.1, -0.05) is 49.4 Å². The van der Waals surface area contributed by atoms with Crippen molar-refractivity contribution in [1.29, 1.82) is 0 Å². The monoisotopic (exact) mass is 478 g/mol. The molecule has 1 aliphatic heterocycles. The van der Waals surface area contributed by atoms with Gasteiger partial charge in [0.15, 0.2) is 0 Å². The molecule has 2 N–H and O–H groups in total. The first-order valence-electron chi connectivity index (χ1n) is 12.5. The molecule has 2 amide bonds. The number of hydrogen-bond acceptors (Lipinski definition) is 5. The fourth-order valence-electron chi connectivity index (χ4n) is 5.48. The van der Waals surface area contributed by atoms with Gasteiger partial charge in [-0.15, -0.1) is 0 Å². The highest BCUT2D eigenvalue weighted by molar-refractivity contribution is 6.02. The SMILES string of the molecule is CCOC(=O)[C@H]1[C@@H]2C(=O)N(CCCCCO)[C@H](C(=O)Nc3ccc4ccccc4c3)[C@H]2C=C[C@H]1C. The Kier molecular flexibility index (Phi) is 7.86. The van der Waals surface area contributed by atoms with Gasteiger partial charge in [-0.05, 0) is 55.0 Å². The largest absolute Gasteiger partial charge is 0.466 e. The van der Waals surface area contributed by atoms with E-state index in [0.29, 0.717) is 25.1 Å². The third kappa shape index (κ3) is 5.10. The van der Waals surface area contributed by atoms with Gasteiger partial charge in [-0.3, -0.25) is 14.4 Å². The van der Waals surface area contributed by atoms with Crippen molar-refractivity contribution in [1.82, 2.24) is 4.90 Å². The third-order valence-electron chi connectivity index (χ3n) is 7.18. The van der Waals surface area contributed by atoms with E-state index in [0.717, 1.165) is 17.2 Å². The van der Waals surface area contributed by atoms with Gasteiger partial charge in [-0.25, -0.2) is 0 Å². The van der Waals surface area contributed by atoms with Crippen molar-refractivity contribution in [3.05, 3.63) is 54.6 Å². The topological polar surface area (TPSA) is 95.9 Å². The Morgan fingerprint density at radius 3 is 2.57 bits per heavy atom. The van der Waals surface area contributed by atoms with Crippen molar-refractivity contribution in [3.63, 3.8) is 0 Å². The molecule has 7 heteroatoms. The van der Waals surface area contributed by atoms with Gasteiger partial charge in [0.2, 0.25) is 11.8 Å². The number of hydrogen-bond donors (Lipinski definition) is 2. The number of ether oxygens (including phenoxy) is 1. The number of aliphatic hydroxyl groups excluding tert-OH is 1. The van der Waals surface area contributed by atoms with E-state index in [2.05, 4.69) is 5.32 Å². The van der Waals surface area contributed by atoms with Crippen LogP contribution in [0.25, 0.3) is 10.8 Å². The number of carbonyl (C=O) groups excluding carboxylic acids is 3. The number of carbonyl (C=O) groups is 3. The van der Waals surface area contributed by atoms with E-state index >= 15 is 0 Å². The number of nitrogens with one attached hydrogen (secondary N) is 1. The van der Waals surface area contributed by atoms with Crippen LogP contribution in [0.1, 0.15) is 33.1 Å². The molecule has 0 saturated carbocycles. The fourth-order valence-corrected chi connectivity index (χ4v) is 5.48. The molecule has 2 aliphatic rings. The maximum Gasteiger partial charge on any atom is 0.310 e. The first kappa shape index (κ1) is 24.9. The van der Waals surface area contributed by atoms with Crippen molar-refractivity contribution in [2.75, 3.05) is 25.1 Å². The average Bonchev–Trinajstić information content (AvgIpc) is 3.13. The van der Waals surface area contributed by atoms with Crippen LogP contribution in [0.4, 0.5) is 5.69 Å². The van der Waals surface area contributed by atoms with E-state index in [9.17, 15) is 14.4 Å². The number of anilines is 1. The first-order valence-corrected chi connectivity index (χ1v) is 12.5. The normalized spacial score (nSPS) is 25.5. The summed E-state index contributed by atoms with van der Waals surface area (Å²) in [6, 6.07) is 12.9. The number of fused-ring (bicyclic) bond motifs is 2. The summed E-state index contributed by atoms with van der Waals surface area (Å²) >= 11 is 0. The van der Waals surface area contributed by atoms with Gasteiger partial charge in [0, 0.05) is 24.8 Å². The van der Waals surface area contributed by atoms with Crippen molar-refractivity contribution in [3.8, 4) is 0 Å². The summed E-state index contributed by atoms with van der Waals surface area (Å²) in [4.78, 5) is 41.8. The minimum absolute atomic E-state index is 0.0935. The van der Waals surface area contributed by atoms with Gasteiger partial charge in [0.1, 0.15) is 6.04 Å². The maximum absolute atomic E-state index is 13.7. The van der Waals surface area contributed by atoms with Crippen LogP contribution in [0.2, 0.25) is 0 Å². The minimum Gasteiger partial charge on any atom is -0.466 e. The van der Waals surface area contributed by atoms with Crippen LogP contribution in [-0.2, 0) is 19.1 Å². The van der Waals surface area contributed by atoms with Crippen molar-refractivity contribution >= 4 is 34.2 Å². The lowest BCUT2D eigenvalue weighted by Gasteiger charge is -2.32. The molecule has 7 nitrogen and oxygen atoms in total. The lowest BCUT2D eigenvalue weighted by Crippen LogP contribution is -2.44. The van der Waals surface area contributed by atoms with Gasteiger partial charge in [-0.2, -0.15) is 0 Å². The lowest BCUT2D eigenvalue weighted by atomic mass is 9.70. The number of amides is 2. The molecule has 35 heavy (non-hydrogen) atoms. The van der Waals surface area contributed by atoms with Crippen molar-refractivity contribution in [2.45, 2.75) is 39.2 Å². The molecule has 4 rings (SSSR count). The van der Waals surface area contributed by atoms with E-state index in [-0.39, 0.29) is 36.9 Å². The van der Waals surface area contributed by atoms with Crippen LogP contribution >= 0.6 is 0 Å². The number of benzene rings is 2. The second kappa shape index (κ2) is 11.0. The average molecular weight is 479 g/mol. The quantitative estimate of drug-likeness (QED) is 0.325. The second-order valence-corrected chi connectivity index (χ2v) is 9.44. The molecule has 0 aromatic heterocycles. The molecule has 1 heterocycles. The van der Waals surface area contributed by atoms with Crippen LogP contribution < -0.4 is 5.32 Å². The number of nitrogens with zero attached hydrogens (tertiary/aromatic N) is 1. The molecule has 1 fully saturated rings. The van der Waals surface area contributed by atoms with Crippen LogP contribution in [-0.4, -0.2) is 53.6 Å². The Balaban J connectivity index is 1.62. The molecule has 186 valence electrons. The smallest absolute Gasteiger partial charge is 0.310 e. The summed E-state index contributed by atoms with van der Waals surface area (Å²) < 4.78 is 5.32. The summed E-state index contributed by atoms with van der Waals surface area (Å²) in [7, 11) is 0. The summed E-state index contributed by atoms with van der Waals surface area (Å²) in [5.41, 5.74) is 0.667. The second-order valence-electron chi connectivity index (χ2n) is 9.44. The van der Waals surface area contributed by atoms with Crippen LogP contribution in [0.3, 0.4) is 0 Å². The van der Waals surface area contributed by atoms with Gasteiger partial charge >= 0.3 is 5.97 Å². The number of likely N-dealkylation sites (tertiary alicyclic amines) is 1. The van der Waals surface area contributed by atoms with Crippen LogP contribution in [0.15, 0.2) is 54.6 Å². The van der Waals surface area contributed by atoms with Crippen LogP contribution in [0.5, 0.6) is 0 Å². The van der Waals surface area contributed by atoms with Gasteiger partial charge in [0.05, 0.1) is 18.4 Å². The molecule has 5 atom stereocenters. The van der Waals surface area contributed by atoms with E-state index in [1.807, 2.05) is 61.5 Å². The standard InChI is InChI=1S/C28H34N2O5/c1-3-35-28(34)23-18(2)11-14-22-24(23)27(33)30(15-7-4-8-16-31)25(22)26(32)29-21-13-12-19-9-5-6-10-20(19)17-21/h5-6,9-14,17-18,22-25,31H,3-4,7-8,15-16H2,1-2H3,(H,29,32)/t18-,22+,23-,24-,25+/m1/s1. The summed E-state index contributed by atoms with van der Waals surface area (Å²) in [5, 5.41) is 14.2. The zero-order chi connectivity index (χ0) is 24.9. The number of unbranched alkanes of at least 4 members (excludes halogenated alkanes) is 2. The summed E-state index contributed by atoms with van der Waals surface area (Å²) in [6.07, 6.45) is 5.94. The van der Waals surface area contributed by atoms with E-state index < -0.39 is 23.8 Å². The predicted octanol–water partition coefficient (Wildman–Crippen LogP) is 3.77. The minimum atomic E-state index is -0.714. The lowest BCUT2D eigenvalue weighted by molar-refractivity contribution is -0.155. The molecule has 2 aromatic carbocycles. The zero-order valence-electron chi connectivity index (χ0n) is 20.4. The fraction of sp³-hybridized carbons (Fsp3) is 0.464. The highest BCUT2D eigenvalue weighted by Gasteiger charge is 2.56. The zero-order valence-corrected chi connectivity index (χ0v) is 20.4. The van der Waals surface area contributed by atoms with Crippen molar-refractivity contribution in [2.24, 2.45) is 23.7 Å². The molecule has 0 bridgehead atoms.